The molecule has 0 aromatic heterocycles. The number of carbonyl (C=O) groups is 2. The zero-order valence-corrected chi connectivity index (χ0v) is 25.1. The molecule has 6 atom stereocenters. The lowest BCUT2D eigenvalue weighted by Crippen LogP contribution is -2.56. The topological polar surface area (TPSA) is 58.5 Å². The van der Waals surface area contributed by atoms with Crippen LogP contribution in [0.1, 0.15) is 123 Å². The van der Waals surface area contributed by atoms with Gasteiger partial charge < -0.3 is 5.32 Å². The Morgan fingerprint density at radius 2 is 1.64 bits per heavy atom. The first-order valence-electron chi connectivity index (χ1n) is 15.9. The zero-order valence-electron chi connectivity index (χ0n) is 25.1. The van der Waals surface area contributed by atoms with Gasteiger partial charge in [-0.2, -0.15) is 0 Å². The number of nitrogens with zero attached hydrogens (tertiary/aromatic N) is 1. The normalized spacial score (nSPS) is 37.8. The van der Waals surface area contributed by atoms with Crippen LogP contribution in [0.15, 0.2) is 29.3 Å². The van der Waals surface area contributed by atoms with Gasteiger partial charge in [-0.05, 0) is 84.7 Å². The van der Waals surface area contributed by atoms with Gasteiger partial charge in [-0.25, -0.2) is 0 Å². The monoisotopic (exact) mass is 530 g/mol. The molecule has 1 N–H and O–H groups in total. The third-order valence-electron chi connectivity index (χ3n) is 12.4. The number of hydrogen-bond acceptors (Lipinski definition) is 3. The van der Waals surface area contributed by atoms with E-state index in [-0.39, 0.29) is 27.7 Å². The molecular formula is C35H50N2O2. The van der Waals surface area contributed by atoms with Gasteiger partial charge in [0, 0.05) is 36.4 Å². The predicted molar refractivity (Wildman–Crippen MR) is 158 cm³/mol. The van der Waals surface area contributed by atoms with E-state index < -0.39 is 0 Å². The third kappa shape index (κ3) is 4.43. The molecule has 0 radical (unpaired) electrons. The summed E-state index contributed by atoms with van der Waals surface area (Å²) in [5.74, 6) is 2.48. The number of rotatable bonds is 3. The number of nitrogens with one attached hydrogen (secondary N) is 1. The molecule has 4 saturated carbocycles. The van der Waals surface area contributed by atoms with Crippen molar-refractivity contribution in [3.8, 4) is 0 Å². The summed E-state index contributed by atoms with van der Waals surface area (Å²) >= 11 is 0. The van der Waals surface area contributed by atoms with Gasteiger partial charge in [-0.15, -0.1) is 0 Å². The summed E-state index contributed by atoms with van der Waals surface area (Å²) in [7, 11) is 0. The van der Waals surface area contributed by atoms with Crippen LogP contribution in [0.2, 0.25) is 0 Å². The molecule has 0 saturated heterocycles. The van der Waals surface area contributed by atoms with Gasteiger partial charge >= 0.3 is 0 Å². The van der Waals surface area contributed by atoms with E-state index >= 15 is 0 Å². The van der Waals surface area contributed by atoms with Crippen molar-refractivity contribution >= 4 is 17.4 Å². The maximum Gasteiger partial charge on any atom is 0.224 e. The van der Waals surface area contributed by atoms with E-state index in [4.69, 9.17) is 4.99 Å². The molecule has 39 heavy (non-hydrogen) atoms. The van der Waals surface area contributed by atoms with Gasteiger partial charge in [0.15, 0.2) is 0 Å². The molecule has 1 unspecified atom stereocenters. The summed E-state index contributed by atoms with van der Waals surface area (Å²) in [6.45, 7) is 12.5. The summed E-state index contributed by atoms with van der Waals surface area (Å²) in [5.41, 5.74) is 3.86. The van der Waals surface area contributed by atoms with Crippen LogP contribution in [-0.4, -0.2) is 23.9 Å². The minimum absolute atomic E-state index is 0.0467. The van der Waals surface area contributed by atoms with Crippen LogP contribution in [-0.2, 0) is 20.5 Å². The highest BCUT2D eigenvalue weighted by molar-refractivity contribution is 6.07. The summed E-state index contributed by atoms with van der Waals surface area (Å²) in [6.07, 6.45) is 12.4. The minimum atomic E-state index is -0.233. The summed E-state index contributed by atoms with van der Waals surface area (Å²) in [5, 5.41) is 3.73. The van der Waals surface area contributed by atoms with Crippen LogP contribution in [0.4, 0.5) is 0 Å². The summed E-state index contributed by atoms with van der Waals surface area (Å²) in [6, 6.07) is 9.15. The van der Waals surface area contributed by atoms with Crippen LogP contribution in [0, 0.1) is 34.5 Å². The minimum Gasteiger partial charge on any atom is -0.346 e. The van der Waals surface area contributed by atoms with E-state index in [1.807, 2.05) is 0 Å². The fourth-order valence-electron chi connectivity index (χ4n) is 9.89. The zero-order chi connectivity index (χ0) is 27.6. The lowest BCUT2D eigenvalue weighted by atomic mass is 9.49. The maximum atomic E-state index is 14.3. The Balaban J connectivity index is 1.23. The Bertz CT molecular complexity index is 1150. The molecule has 6 rings (SSSR count). The average Bonchev–Trinajstić information content (AvgIpc) is 3.26. The van der Waals surface area contributed by atoms with Gasteiger partial charge in [0.1, 0.15) is 5.78 Å². The highest BCUT2D eigenvalue weighted by Crippen LogP contribution is 2.64. The largest absolute Gasteiger partial charge is 0.346 e. The summed E-state index contributed by atoms with van der Waals surface area (Å²) < 4.78 is 0. The number of Topliss-reactive ketones (excluding diaryl/α,β-unsaturated/α-hetero) is 1. The lowest BCUT2D eigenvalue weighted by Gasteiger charge is -2.56. The number of benzene rings is 1. The summed E-state index contributed by atoms with van der Waals surface area (Å²) in [4.78, 5) is 31.6. The fraction of sp³-hybridized carbons (Fsp3) is 0.743. The smallest absolute Gasteiger partial charge is 0.224 e. The van der Waals surface area contributed by atoms with Gasteiger partial charge in [0.2, 0.25) is 5.91 Å². The molecule has 1 aliphatic heterocycles. The van der Waals surface area contributed by atoms with Crippen molar-refractivity contribution in [3.05, 3.63) is 35.4 Å². The Hall–Kier alpha value is -1.97. The Morgan fingerprint density at radius 1 is 0.923 bits per heavy atom. The molecule has 1 heterocycles. The van der Waals surface area contributed by atoms with Gasteiger partial charge in [0.05, 0.1) is 5.54 Å². The molecule has 5 aliphatic rings. The standard InChI is InChI=1S/C35H50N2O2/c1-32(2,3)23-9-11-24(12-10-23)35(17-7-6-8-18-35)37-31(39)29-14-13-27-26-22-36-30-21-25(38)15-19-34(30,5)28(26)16-20-33(27,29)4/h9-12,26-29H,6-8,13-22H2,1-5H3,(H,37,39)/t26-,27-,28+,29?,33-,34+/m0/s1. The molecule has 4 heteroatoms. The molecule has 4 nitrogen and oxygen atoms in total. The van der Waals surface area contributed by atoms with E-state index in [1.165, 1.54) is 42.5 Å². The molecule has 212 valence electrons. The van der Waals surface area contributed by atoms with Crippen molar-refractivity contribution in [2.75, 3.05) is 6.54 Å². The van der Waals surface area contributed by atoms with Crippen molar-refractivity contribution in [2.45, 2.75) is 123 Å². The number of amides is 1. The second-order valence-corrected chi connectivity index (χ2v) is 15.4. The number of hydrogen-bond donors (Lipinski definition) is 1. The quantitative estimate of drug-likeness (QED) is 0.439. The van der Waals surface area contributed by atoms with Crippen molar-refractivity contribution in [1.82, 2.24) is 5.32 Å². The first kappa shape index (κ1) is 27.2. The predicted octanol–water partition coefficient (Wildman–Crippen LogP) is 7.53. The van der Waals surface area contributed by atoms with Crippen LogP contribution in [0.25, 0.3) is 0 Å². The molecule has 0 spiro atoms. The lowest BCUT2D eigenvalue weighted by molar-refractivity contribution is -0.134. The molecule has 4 fully saturated rings. The van der Waals surface area contributed by atoms with E-state index in [0.717, 1.165) is 45.1 Å². The van der Waals surface area contributed by atoms with Crippen LogP contribution < -0.4 is 5.32 Å². The SMILES string of the molecule is CC(C)(C)c1ccc(C2(NC(=O)C3CC[C@H]4[C@@H]5CN=C6CC(=O)CC[C@]6(C)[C@@H]5CC[C@]34C)CCCCC2)cc1. The van der Waals surface area contributed by atoms with Gasteiger partial charge in [0.25, 0.3) is 0 Å². The molecule has 1 amide bonds. The third-order valence-corrected chi connectivity index (χ3v) is 12.4. The number of aliphatic imine (C=N–C) groups is 1. The number of carbonyl (C=O) groups excluding carboxylic acids is 2. The van der Waals surface area contributed by atoms with Crippen molar-refractivity contribution < 1.29 is 9.59 Å². The second-order valence-electron chi connectivity index (χ2n) is 15.4. The van der Waals surface area contributed by atoms with Gasteiger partial charge in [-0.1, -0.05) is 78.1 Å². The van der Waals surface area contributed by atoms with E-state index in [2.05, 4.69) is 64.2 Å². The van der Waals surface area contributed by atoms with Crippen LogP contribution in [0.5, 0.6) is 0 Å². The first-order valence-corrected chi connectivity index (χ1v) is 15.9. The number of ketones is 1. The van der Waals surface area contributed by atoms with Gasteiger partial charge in [-0.3, -0.25) is 14.6 Å². The van der Waals surface area contributed by atoms with E-state index in [9.17, 15) is 9.59 Å². The van der Waals surface area contributed by atoms with Crippen LogP contribution >= 0.6 is 0 Å². The first-order chi connectivity index (χ1) is 18.5. The molecule has 4 aliphatic carbocycles. The number of fused-ring (bicyclic) bond motifs is 5. The Labute approximate surface area is 236 Å². The molecule has 1 aromatic rings. The molecule has 0 bridgehead atoms. The highest BCUT2D eigenvalue weighted by Gasteiger charge is 2.61. The Kier molecular flexibility index (Phi) is 6.67. The van der Waals surface area contributed by atoms with Crippen molar-refractivity contribution in [2.24, 2.45) is 39.5 Å². The average molecular weight is 531 g/mol. The van der Waals surface area contributed by atoms with Crippen molar-refractivity contribution in [3.63, 3.8) is 0 Å². The van der Waals surface area contributed by atoms with E-state index in [1.54, 1.807) is 0 Å². The molecule has 1 aromatic carbocycles. The van der Waals surface area contributed by atoms with E-state index in [0.29, 0.717) is 42.3 Å². The van der Waals surface area contributed by atoms with Crippen molar-refractivity contribution in [1.29, 1.82) is 0 Å². The second kappa shape index (κ2) is 9.55. The molecular weight excluding hydrogens is 480 g/mol. The maximum absolute atomic E-state index is 14.3. The fourth-order valence-corrected chi connectivity index (χ4v) is 9.89. The van der Waals surface area contributed by atoms with Crippen LogP contribution in [0.3, 0.4) is 0 Å². The highest BCUT2D eigenvalue weighted by atomic mass is 16.2. The Morgan fingerprint density at radius 3 is 2.33 bits per heavy atom.